The van der Waals surface area contributed by atoms with Gasteiger partial charge >= 0.3 is 0 Å². The standard InChI is InChI=1S/2C5H12O.3CH4/c1-5(2)4-6-3;1-4-5(2)6-3;;;/h2*5H,4H2,1-3H3;3*1H4. The first-order valence-electron chi connectivity index (χ1n) is 4.60. The molecule has 0 bridgehead atoms. The summed E-state index contributed by atoms with van der Waals surface area (Å²) in [4.78, 5) is 0. The zero-order valence-corrected chi connectivity index (χ0v) is 9.39. The quantitative estimate of drug-likeness (QED) is 0.693. The zero-order valence-electron chi connectivity index (χ0n) is 9.39. The van der Waals surface area contributed by atoms with Gasteiger partial charge in [0.05, 0.1) is 6.10 Å². The average molecular weight is 224 g/mol. The van der Waals surface area contributed by atoms with Crippen molar-refractivity contribution in [1.29, 1.82) is 0 Å². The normalized spacial score (nSPS) is 9.80. The van der Waals surface area contributed by atoms with E-state index in [2.05, 4.69) is 27.7 Å². The average Bonchev–Trinajstić information content (AvgIpc) is 2.04. The lowest BCUT2D eigenvalue weighted by Crippen LogP contribution is -2.00. The zero-order chi connectivity index (χ0) is 9.98. The molecular formula is C13H36O2. The van der Waals surface area contributed by atoms with Crippen LogP contribution in [0.1, 0.15) is 56.4 Å². The van der Waals surface area contributed by atoms with E-state index in [1.54, 1.807) is 14.2 Å². The van der Waals surface area contributed by atoms with Crippen LogP contribution in [0.15, 0.2) is 0 Å². The van der Waals surface area contributed by atoms with Gasteiger partial charge in [-0.05, 0) is 19.3 Å². The first kappa shape index (κ1) is 29.4. The minimum atomic E-state index is 0. The van der Waals surface area contributed by atoms with E-state index in [1.165, 1.54) is 0 Å². The number of hydrogen-bond acceptors (Lipinski definition) is 2. The van der Waals surface area contributed by atoms with Gasteiger partial charge in [-0.3, -0.25) is 0 Å². The van der Waals surface area contributed by atoms with Crippen LogP contribution in [0.4, 0.5) is 0 Å². The third-order valence-corrected chi connectivity index (χ3v) is 1.48. The van der Waals surface area contributed by atoms with Crippen molar-refractivity contribution in [3.63, 3.8) is 0 Å². The van der Waals surface area contributed by atoms with Gasteiger partial charge in [0.1, 0.15) is 0 Å². The lowest BCUT2D eigenvalue weighted by Gasteiger charge is -2.01. The topological polar surface area (TPSA) is 18.5 Å². The lowest BCUT2D eigenvalue weighted by atomic mass is 10.2. The van der Waals surface area contributed by atoms with Crippen molar-refractivity contribution in [1.82, 2.24) is 0 Å². The van der Waals surface area contributed by atoms with E-state index in [0.717, 1.165) is 13.0 Å². The maximum absolute atomic E-state index is 4.90. The molecule has 0 N–H and O–H groups in total. The van der Waals surface area contributed by atoms with Gasteiger partial charge in [-0.25, -0.2) is 0 Å². The Morgan fingerprint density at radius 1 is 0.933 bits per heavy atom. The minimum Gasteiger partial charge on any atom is -0.384 e. The highest BCUT2D eigenvalue weighted by molar-refractivity contribution is 4.38. The van der Waals surface area contributed by atoms with Crippen LogP contribution in [-0.2, 0) is 9.47 Å². The first-order valence-corrected chi connectivity index (χ1v) is 4.60. The number of ether oxygens (including phenoxy) is 2. The van der Waals surface area contributed by atoms with Crippen LogP contribution >= 0.6 is 0 Å². The van der Waals surface area contributed by atoms with E-state index in [9.17, 15) is 0 Å². The number of hydrogen-bond donors (Lipinski definition) is 0. The molecule has 0 saturated carbocycles. The van der Waals surface area contributed by atoms with E-state index in [4.69, 9.17) is 9.47 Å². The van der Waals surface area contributed by atoms with Crippen LogP contribution in [0.5, 0.6) is 0 Å². The van der Waals surface area contributed by atoms with Crippen molar-refractivity contribution in [3.05, 3.63) is 0 Å². The molecule has 0 saturated heterocycles. The Balaban J connectivity index is -0.0000000370. The van der Waals surface area contributed by atoms with Gasteiger partial charge in [-0.15, -0.1) is 0 Å². The molecule has 1 unspecified atom stereocenters. The molecule has 0 heterocycles. The van der Waals surface area contributed by atoms with Crippen LogP contribution in [0.2, 0.25) is 0 Å². The van der Waals surface area contributed by atoms with Crippen molar-refractivity contribution >= 4 is 0 Å². The third-order valence-electron chi connectivity index (χ3n) is 1.48. The van der Waals surface area contributed by atoms with Crippen LogP contribution in [0, 0.1) is 5.92 Å². The molecule has 0 aliphatic carbocycles. The Hall–Kier alpha value is -0.0800. The fourth-order valence-corrected chi connectivity index (χ4v) is 0.500. The summed E-state index contributed by atoms with van der Waals surface area (Å²) in [5, 5.41) is 0. The van der Waals surface area contributed by atoms with E-state index < -0.39 is 0 Å². The molecule has 15 heavy (non-hydrogen) atoms. The summed E-state index contributed by atoms with van der Waals surface area (Å²) in [6, 6.07) is 0. The molecule has 0 aromatic heterocycles. The Morgan fingerprint density at radius 3 is 1.33 bits per heavy atom. The highest BCUT2D eigenvalue weighted by Crippen LogP contribution is 1.90. The monoisotopic (exact) mass is 224 g/mol. The molecule has 0 amide bonds. The Morgan fingerprint density at radius 2 is 1.33 bits per heavy atom. The summed E-state index contributed by atoms with van der Waals surface area (Å²) in [6.07, 6.45) is 1.54. The van der Waals surface area contributed by atoms with Gasteiger partial charge in [0, 0.05) is 20.8 Å². The summed E-state index contributed by atoms with van der Waals surface area (Å²) in [5.74, 6) is 0.676. The van der Waals surface area contributed by atoms with Gasteiger partial charge in [0.2, 0.25) is 0 Å². The Kier molecular flexibility index (Phi) is 46.2. The van der Waals surface area contributed by atoms with Gasteiger partial charge in [-0.1, -0.05) is 43.1 Å². The SMILES string of the molecule is C.C.C.CCC(C)OC.COCC(C)C. The molecule has 0 spiro atoms. The third kappa shape index (κ3) is 41.3. The molecule has 0 aliphatic heterocycles. The summed E-state index contributed by atoms with van der Waals surface area (Å²) in [5.41, 5.74) is 0. The molecule has 0 aromatic rings. The van der Waals surface area contributed by atoms with Crippen LogP contribution in [0.25, 0.3) is 0 Å². The van der Waals surface area contributed by atoms with Gasteiger partial charge < -0.3 is 9.47 Å². The lowest BCUT2D eigenvalue weighted by molar-refractivity contribution is 0.115. The Labute approximate surface area is 99.4 Å². The summed E-state index contributed by atoms with van der Waals surface area (Å²) < 4.78 is 9.70. The molecule has 1 atom stereocenters. The summed E-state index contributed by atoms with van der Waals surface area (Å²) in [6.45, 7) is 9.29. The smallest absolute Gasteiger partial charge is 0.0540 e. The van der Waals surface area contributed by atoms with Crippen molar-refractivity contribution in [3.8, 4) is 0 Å². The molecule has 0 aromatic carbocycles. The predicted octanol–water partition coefficient (Wildman–Crippen LogP) is 4.63. The van der Waals surface area contributed by atoms with Crippen LogP contribution < -0.4 is 0 Å². The molecule has 100 valence electrons. The molecule has 0 radical (unpaired) electrons. The summed E-state index contributed by atoms with van der Waals surface area (Å²) in [7, 11) is 3.45. The maximum Gasteiger partial charge on any atom is 0.0540 e. The van der Waals surface area contributed by atoms with Crippen LogP contribution in [0.3, 0.4) is 0 Å². The fourth-order valence-electron chi connectivity index (χ4n) is 0.500. The molecule has 0 fully saturated rings. The van der Waals surface area contributed by atoms with E-state index >= 15 is 0 Å². The van der Waals surface area contributed by atoms with Crippen molar-refractivity contribution in [2.45, 2.75) is 62.5 Å². The van der Waals surface area contributed by atoms with E-state index in [-0.39, 0.29) is 22.3 Å². The number of rotatable bonds is 4. The molecule has 2 heteroatoms. The maximum atomic E-state index is 4.90. The highest BCUT2D eigenvalue weighted by atomic mass is 16.5. The first-order chi connectivity index (χ1) is 5.58. The van der Waals surface area contributed by atoms with Gasteiger partial charge in [0.15, 0.2) is 0 Å². The van der Waals surface area contributed by atoms with Gasteiger partial charge in [-0.2, -0.15) is 0 Å². The second-order valence-corrected chi connectivity index (χ2v) is 3.30. The molecule has 2 nitrogen and oxygen atoms in total. The van der Waals surface area contributed by atoms with Crippen molar-refractivity contribution in [2.75, 3.05) is 20.8 Å². The summed E-state index contributed by atoms with van der Waals surface area (Å²) >= 11 is 0. The largest absolute Gasteiger partial charge is 0.384 e. The van der Waals surface area contributed by atoms with Crippen molar-refractivity contribution < 1.29 is 9.47 Å². The van der Waals surface area contributed by atoms with E-state index in [0.29, 0.717) is 12.0 Å². The van der Waals surface area contributed by atoms with Gasteiger partial charge in [0.25, 0.3) is 0 Å². The number of methoxy groups -OCH3 is 2. The molecule has 0 rings (SSSR count). The molecule has 0 aliphatic rings. The molecular weight excluding hydrogens is 188 g/mol. The second-order valence-electron chi connectivity index (χ2n) is 3.30. The second kappa shape index (κ2) is 23.6. The predicted molar refractivity (Wildman–Crippen MR) is 73.7 cm³/mol. The van der Waals surface area contributed by atoms with E-state index in [1.807, 2.05) is 0 Å². The minimum absolute atomic E-state index is 0. The highest BCUT2D eigenvalue weighted by Gasteiger charge is 1.88. The fraction of sp³-hybridized carbons (Fsp3) is 1.00. The van der Waals surface area contributed by atoms with Crippen molar-refractivity contribution in [2.24, 2.45) is 5.92 Å². The Bertz CT molecular complexity index is 68.9. The van der Waals surface area contributed by atoms with Crippen LogP contribution in [-0.4, -0.2) is 26.9 Å².